The zero-order valence-corrected chi connectivity index (χ0v) is 10.3. The summed E-state index contributed by atoms with van der Waals surface area (Å²) in [6.07, 6.45) is 8.62. The standard InChI is InChI=1S/C15H19NO/c1-2-3-10-16-15(17)14-9-8-12-6-4-5-7-13(12)11-14/h5,7-9,11H,2-4,6,10H2,1H3,(H,16,17). The van der Waals surface area contributed by atoms with Crippen molar-refractivity contribution in [3.63, 3.8) is 0 Å². The van der Waals surface area contributed by atoms with E-state index in [0.29, 0.717) is 0 Å². The molecule has 1 N–H and O–H groups in total. The molecule has 0 spiro atoms. The molecule has 0 atom stereocenters. The minimum atomic E-state index is 0.0419. The fourth-order valence-corrected chi connectivity index (χ4v) is 2.05. The summed E-state index contributed by atoms with van der Waals surface area (Å²) in [5, 5.41) is 2.94. The number of benzene rings is 1. The van der Waals surface area contributed by atoms with Gasteiger partial charge < -0.3 is 5.32 Å². The smallest absolute Gasteiger partial charge is 0.251 e. The van der Waals surface area contributed by atoms with Gasteiger partial charge in [0, 0.05) is 12.1 Å². The lowest BCUT2D eigenvalue weighted by molar-refractivity contribution is 0.0953. The highest BCUT2D eigenvalue weighted by molar-refractivity contribution is 5.95. The van der Waals surface area contributed by atoms with Crippen LogP contribution in [0.1, 0.15) is 47.7 Å². The Morgan fingerprint density at radius 2 is 2.29 bits per heavy atom. The van der Waals surface area contributed by atoms with E-state index in [1.165, 1.54) is 11.1 Å². The maximum atomic E-state index is 11.9. The molecule has 0 unspecified atom stereocenters. The second kappa shape index (κ2) is 5.67. The molecule has 17 heavy (non-hydrogen) atoms. The van der Waals surface area contributed by atoms with Gasteiger partial charge >= 0.3 is 0 Å². The molecule has 2 heteroatoms. The first-order valence-electron chi connectivity index (χ1n) is 6.39. The topological polar surface area (TPSA) is 29.1 Å². The van der Waals surface area contributed by atoms with Gasteiger partial charge in [0.1, 0.15) is 0 Å². The lowest BCUT2D eigenvalue weighted by Gasteiger charge is -2.12. The summed E-state index contributed by atoms with van der Waals surface area (Å²) >= 11 is 0. The maximum absolute atomic E-state index is 11.9. The summed E-state index contributed by atoms with van der Waals surface area (Å²) in [6.45, 7) is 2.89. The van der Waals surface area contributed by atoms with Crippen molar-refractivity contribution in [1.29, 1.82) is 0 Å². The van der Waals surface area contributed by atoms with E-state index in [4.69, 9.17) is 0 Å². The molecule has 0 aliphatic heterocycles. The first kappa shape index (κ1) is 11.9. The average molecular weight is 229 g/mol. The molecule has 90 valence electrons. The second-order valence-corrected chi connectivity index (χ2v) is 4.46. The number of fused-ring (bicyclic) bond motifs is 1. The fourth-order valence-electron chi connectivity index (χ4n) is 2.05. The summed E-state index contributed by atoms with van der Waals surface area (Å²) in [7, 11) is 0. The molecule has 0 saturated carbocycles. The third kappa shape index (κ3) is 2.96. The predicted octanol–water partition coefficient (Wildman–Crippen LogP) is 3.18. The molecule has 0 radical (unpaired) electrons. The van der Waals surface area contributed by atoms with Crippen LogP contribution in [0.5, 0.6) is 0 Å². The van der Waals surface area contributed by atoms with Gasteiger partial charge in [0.25, 0.3) is 5.91 Å². The van der Waals surface area contributed by atoms with Crippen molar-refractivity contribution >= 4 is 12.0 Å². The number of aryl methyl sites for hydroxylation is 1. The highest BCUT2D eigenvalue weighted by Crippen LogP contribution is 2.20. The summed E-state index contributed by atoms with van der Waals surface area (Å²) in [6, 6.07) is 6.00. The Labute approximate surface area is 103 Å². The Balaban J connectivity index is 2.07. The van der Waals surface area contributed by atoms with Crippen molar-refractivity contribution in [2.75, 3.05) is 6.54 Å². The average Bonchev–Trinajstić information content (AvgIpc) is 2.38. The van der Waals surface area contributed by atoms with Crippen LogP contribution in [0.2, 0.25) is 0 Å². The van der Waals surface area contributed by atoms with Crippen LogP contribution >= 0.6 is 0 Å². The zero-order chi connectivity index (χ0) is 12.1. The first-order valence-corrected chi connectivity index (χ1v) is 6.39. The zero-order valence-electron chi connectivity index (χ0n) is 10.3. The van der Waals surface area contributed by atoms with Gasteiger partial charge in [-0.3, -0.25) is 4.79 Å². The Bertz CT molecular complexity index is 435. The van der Waals surface area contributed by atoms with Gasteiger partial charge in [-0.25, -0.2) is 0 Å². The van der Waals surface area contributed by atoms with E-state index in [9.17, 15) is 4.79 Å². The SMILES string of the molecule is CCCCNC(=O)c1ccc2c(c1)C=CCC2. The summed E-state index contributed by atoms with van der Waals surface area (Å²) in [5.74, 6) is 0.0419. The van der Waals surface area contributed by atoms with Crippen LogP contribution in [0.3, 0.4) is 0 Å². The molecular formula is C15H19NO. The Kier molecular flexibility index (Phi) is 3.97. The fraction of sp³-hybridized carbons (Fsp3) is 0.400. The number of hydrogen-bond acceptors (Lipinski definition) is 1. The molecular weight excluding hydrogens is 210 g/mol. The van der Waals surface area contributed by atoms with Crippen LogP contribution in [-0.4, -0.2) is 12.5 Å². The van der Waals surface area contributed by atoms with Gasteiger partial charge in [0.15, 0.2) is 0 Å². The van der Waals surface area contributed by atoms with Crippen LogP contribution in [0.4, 0.5) is 0 Å². The second-order valence-electron chi connectivity index (χ2n) is 4.46. The molecule has 1 amide bonds. The Morgan fingerprint density at radius 1 is 1.41 bits per heavy atom. The molecule has 0 saturated heterocycles. The van der Waals surface area contributed by atoms with Gasteiger partial charge in [0.05, 0.1) is 0 Å². The Hall–Kier alpha value is -1.57. The quantitative estimate of drug-likeness (QED) is 0.789. The molecule has 1 aromatic carbocycles. The lowest BCUT2D eigenvalue weighted by Crippen LogP contribution is -2.24. The number of unbranched alkanes of at least 4 members (excludes halogenated alkanes) is 1. The van der Waals surface area contributed by atoms with Crippen LogP contribution in [0.25, 0.3) is 6.08 Å². The minimum Gasteiger partial charge on any atom is -0.352 e. The molecule has 2 nitrogen and oxygen atoms in total. The minimum absolute atomic E-state index is 0.0419. The summed E-state index contributed by atoms with van der Waals surface area (Å²) < 4.78 is 0. The van der Waals surface area contributed by atoms with Crippen molar-refractivity contribution in [3.05, 3.63) is 41.0 Å². The van der Waals surface area contributed by atoms with Crippen molar-refractivity contribution in [3.8, 4) is 0 Å². The third-order valence-corrected chi connectivity index (χ3v) is 3.10. The Morgan fingerprint density at radius 3 is 3.12 bits per heavy atom. The van der Waals surface area contributed by atoms with Gasteiger partial charge in [-0.2, -0.15) is 0 Å². The number of amides is 1. The highest BCUT2D eigenvalue weighted by atomic mass is 16.1. The third-order valence-electron chi connectivity index (χ3n) is 3.10. The van der Waals surface area contributed by atoms with E-state index >= 15 is 0 Å². The summed E-state index contributed by atoms with van der Waals surface area (Å²) in [4.78, 5) is 11.9. The van der Waals surface area contributed by atoms with E-state index in [-0.39, 0.29) is 5.91 Å². The molecule has 1 aliphatic rings. The number of nitrogens with one attached hydrogen (secondary N) is 1. The predicted molar refractivity (Wildman–Crippen MR) is 71.0 cm³/mol. The molecule has 1 aliphatic carbocycles. The molecule has 0 aromatic heterocycles. The lowest BCUT2D eigenvalue weighted by atomic mass is 9.95. The van der Waals surface area contributed by atoms with Gasteiger partial charge in [-0.05, 0) is 42.5 Å². The van der Waals surface area contributed by atoms with Crippen LogP contribution < -0.4 is 5.32 Å². The van der Waals surface area contributed by atoms with Gasteiger partial charge in [0.2, 0.25) is 0 Å². The highest BCUT2D eigenvalue weighted by Gasteiger charge is 2.09. The number of carbonyl (C=O) groups excluding carboxylic acids is 1. The molecule has 2 rings (SSSR count). The van der Waals surface area contributed by atoms with E-state index in [1.54, 1.807) is 0 Å². The van der Waals surface area contributed by atoms with Gasteiger partial charge in [-0.1, -0.05) is 31.6 Å². The number of carbonyl (C=O) groups is 1. The van der Waals surface area contributed by atoms with Crippen LogP contribution in [0, 0.1) is 0 Å². The van der Waals surface area contributed by atoms with E-state index in [0.717, 1.165) is 37.8 Å². The van der Waals surface area contributed by atoms with E-state index < -0.39 is 0 Å². The maximum Gasteiger partial charge on any atom is 0.251 e. The van der Waals surface area contributed by atoms with Crippen molar-refractivity contribution < 1.29 is 4.79 Å². The van der Waals surface area contributed by atoms with Crippen molar-refractivity contribution in [1.82, 2.24) is 5.32 Å². The monoisotopic (exact) mass is 229 g/mol. The summed E-state index contributed by atoms with van der Waals surface area (Å²) in [5.41, 5.74) is 3.31. The van der Waals surface area contributed by atoms with E-state index in [1.807, 2.05) is 12.1 Å². The molecule has 0 heterocycles. The molecule has 0 bridgehead atoms. The van der Waals surface area contributed by atoms with Crippen molar-refractivity contribution in [2.24, 2.45) is 0 Å². The van der Waals surface area contributed by atoms with E-state index in [2.05, 4.69) is 30.5 Å². The number of allylic oxidation sites excluding steroid dienone is 1. The molecule has 1 aromatic rings. The first-order chi connectivity index (χ1) is 8.31. The van der Waals surface area contributed by atoms with Crippen molar-refractivity contribution in [2.45, 2.75) is 32.6 Å². The molecule has 0 fully saturated rings. The van der Waals surface area contributed by atoms with Crippen LogP contribution in [0.15, 0.2) is 24.3 Å². The number of hydrogen-bond donors (Lipinski definition) is 1. The van der Waals surface area contributed by atoms with Gasteiger partial charge in [-0.15, -0.1) is 0 Å². The normalized spacial score (nSPS) is 13.2. The van der Waals surface area contributed by atoms with Crippen LogP contribution in [-0.2, 0) is 6.42 Å². The largest absolute Gasteiger partial charge is 0.352 e. The number of rotatable bonds is 4.